The Hall–Kier alpha value is -1.13. The summed E-state index contributed by atoms with van der Waals surface area (Å²) in [6, 6.07) is 12.7. The van der Waals surface area contributed by atoms with Gasteiger partial charge < -0.3 is 5.11 Å². The van der Waals surface area contributed by atoms with E-state index in [1.807, 2.05) is 18.2 Å². The standard InChI is InChI=1S/C13H8Br2O2/c14-11-6-5-10(7-12(11)15)8-1-3-9(4-2-8)13(16)17/h1-7H,(H,16,17). The Morgan fingerprint density at radius 3 is 2.00 bits per heavy atom. The number of benzene rings is 2. The van der Waals surface area contributed by atoms with E-state index in [9.17, 15) is 4.79 Å². The first-order chi connectivity index (χ1) is 8.08. The van der Waals surface area contributed by atoms with Gasteiger partial charge in [-0.05, 0) is 67.3 Å². The SMILES string of the molecule is O=C(O)c1ccc(-c2ccc(Br)c(Br)c2)cc1. The highest BCUT2D eigenvalue weighted by molar-refractivity contribution is 9.13. The molecule has 0 aliphatic heterocycles. The van der Waals surface area contributed by atoms with Crippen LogP contribution in [-0.2, 0) is 0 Å². The minimum atomic E-state index is -0.909. The van der Waals surface area contributed by atoms with Crippen LogP contribution in [0.15, 0.2) is 51.4 Å². The van der Waals surface area contributed by atoms with Crippen molar-refractivity contribution in [3.8, 4) is 11.1 Å². The monoisotopic (exact) mass is 354 g/mol. The molecule has 0 saturated carbocycles. The van der Waals surface area contributed by atoms with E-state index < -0.39 is 5.97 Å². The average molecular weight is 356 g/mol. The maximum atomic E-state index is 10.7. The molecule has 2 rings (SSSR count). The second-order valence-corrected chi connectivity index (χ2v) is 5.22. The molecule has 17 heavy (non-hydrogen) atoms. The van der Waals surface area contributed by atoms with Crippen molar-refractivity contribution in [2.75, 3.05) is 0 Å². The Labute approximate surface area is 116 Å². The molecule has 0 atom stereocenters. The zero-order chi connectivity index (χ0) is 12.4. The predicted molar refractivity (Wildman–Crippen MR) is 74.2 cm³/mol. The molecule has 0 saturated heterocycles. The summed E-state index contributed by atoms with van der Waals surface area (Å²) in [5.41, 5.74) is 2.32. The van der Waals surface area contributed by atoms with E-state index >= 15 is 0 Å². The molecule has 0 radical (unpaired) electrons. The molecule has 0 aliphatic carbocycles. The van der Waals surface area contributed by atoms with Crippen molar-refractivity contribution >= 4 is 37.8 Å². The van der Waals surface area contributed by atoms with Gasteiger partial charge in [-0.2, -0.15) is 0 Å². The van der Waals surface area contributed by atoms with Gasteiger partial charge in [0.1, 0.15) is 0 Å². The van der Waals surface area contributed by atoms with Gasteiger partial charge in [-0.1, -0.05) is 18.2 Å². The third kappa shape index (κ3) is 2.76. The third-order valence-corrected chi connectivity index (χ3v) is 4.26. The second-order valence-electron chi connectivity index (χ2n) is 3.51. The van der Waals surface area contributed by atoms with Gasteiger partial charge >= 0.3 is 5.97 Å². The summed E-state index contributed by atoms with van der Waals surface area (Å²) < 4.78 is 1.96. The molecule has 1 N–H and O–H groups in total. The minimum Gasteiger partial charge on any atom is -0.478 e. The molecule has 0 fully saturated rings. The van der Waals surface area contributed by atoms with Crippen molar-refractivity contribution in [1.29, 1.82) is 0 Å². The number of aromatic carboxylic acids is 1. The lowest BCUT2D eigenvalue weighted by Gasteiger charge is -2.04. The van der Waals surface area contributed by atoms with E-state index in [1.54, 1.807) is 24.3 Å². The minimum absolute atomic E-state index is 0.296. The normalized spacial score (nSPS) is 10.2. The Balaban J connectivity index is 2.39. The van der Waals surface area contributed by atoms with Crippen molar-refractivity contribution in [3.63, 3.8) is 0 Å². The van der Waals surface area contributed by atoms with Crippen molar-refractivity contribution in [2.24, 2.45) is 0 Å². The summed E-state index contributed by atoms with van der Waals surface area (Å²) in [5, 5.41) is 8.81. The summed E-state index contributed by atoms with van der Waals surface area (Å²) >= 11 is 6.85. The molecule has 0 aliphatic rings. The number of carbonyl (C=O) groups is 1. The summed E-state index contributed by atoms with van der Waals surface area (Å²) in [6.45, 7) is 0. The topological polar surface area (TPSA) is 37.3 Å². The molecule has 0 amide bonds. The second kappa shape index (κ2) is 5.02. The van der Waals surface area contributed by atoms with Gasteiger partial charge in [-0.3, -0.25) is 0 Å². The molecule has 4 heteroatoms. The lowest BCUT2D eigenvalue weighted by Crippen LogP contribution is -1.94. The zero-order valence-corrected chi connectivity index (χ0v) is 11.8. The number of carboxylic acid groups (broad SMARTS) is 1. The maximum absolute atomic E-state index is 10.7. The van der Waals surface area contributed by atoms with Gasteiger partial charge in [0.15, 0.2) is 0 Å². The molecular formula is C13H8Br2O2. The van der Waals surface area contributed by atoms with E-state index in [4.69, 9.17) is 5.11 Å². The van der Waals surface area contributed by atoms with Crippen LogP contribution in [0.3, 0.4) is 0 Å². The van der Waals surface area contributed by atoms with Crippen LogP contribution in [-0.4, -0.2) is 11.1 Å². The quantitative estimate of drug-likeness (QED) is 0.856. The summed E-state index contributed by atoms with van der Waals surface area (Å²) in [7, 11) is 0. The van der Waals surface area contributed by atoms with Crippen molar-refractivity contribution in [2.45, 2.75) is 0 Å². The number of carboxylic acids is 1. The van der Waals surface area contributed by atoms with Gasteiger partial charge in [-0.15, -0.1) is 0 Å². The lowest BCUT2D eigenvalue weighted by atomic mass is 10.0. The van der Waals surface area contributed by atoms with E-state index in [-0.39, 0.29) is 0 Å². The van der Waals surface area contributed by atoms with Crippen molar-refractivity contribution in [1.82, 2.24) is 0 Å². The van der Waals surface area contributed by atoms with Crippen LogP contribution in [0.1, 0.15) is 10.4 Å². The van der Waals surface area contributed by atoms with Crippen LogP contribution in [0.2, 0.25) is 0 Å². The third-order valence-electron chi connectivity index (χ3n) is 2.38. The highest BCUT2D eigenvalue weighted by atomic mass is 79.9. The molecule has 2 aromatic carbocycles. The molecule has 0 spiro atoms. The molecule has 0 heterocycles. The van der Waals surface area contributed by atoms with Crippen LogP contribution < -0.4 is 0 Å². The first-order valence-electron chi connectivity index (χ1n) is 4.87. The summed E-state index contributed by atoms with van der Waals surface area (Å²) in [4.78, 5) is 10.7. The predicted octanol–water partition coefficient (Wildman–Crippen LogP) is 4.58. The molecule has 0 aromatic heterocycles. The largest absolute Gasteiger partial charge is 0.478 e. The van der Waals surface area contributed by atoms with Gasteiger partial charge in [0.05, 0.1) is 5.56 Å². The van der Waals surface area contributed by atoms with E-state index in [1.165, 1.54) is 0 Å². The lowest BCUT2D eigenvalue weighted by molar-refractivity contribution is 0.0697. The van der Waals surface area contributed by atoms with Gasteiger partial charge in [-0.25, -0.2) is 4.79 Å². The molecule has 0 unspecified atom stereocenters. The average Bonchev–Trinajstić information content (AvgIpc) is 2.33. The Morgan fingerprint density at radius 1 is 0.882 bits per heavy atom. The first kappa shape index (κ1) is 12.3. The zero-order valence-electron chi connectivity index (χ0n) is 8.65. The Bertz CT molecular complexity index is 562. The molecule has 2 aromatic rings. The fourth-order valence-corrected chi connectivity index (χ4v) is 2.11. The summed E-state index contributed by atoms with van der Waals surface area (Å²) in [6.07, 6.45) is 0. The van der Waals surface area contributed by atoms with Gasteiger partial charge in [0.25, 0.3) is 0 Å². The van der Waals surface area contributed by atoms with Gasteiger partial charge in [0, 0.05) is 8.95 Å². The van der Waals surface area contributed by atoms with Crippen LogP contribution in [0.25, 0.3) is 11.1 Å². The first-order valence-corrected chi connectivity index (χ1v) is 6.45. The Kier molecular flexibility index (Phi) is 3.64. The Morgan fingerprint density at radius 2 is 1.47 bits per heavy atom. The highest BCUT2D eigenvalue weighted by Crippen LogP contribution is 2.29. The molecule has 86 valence electrons. The molecule has 0 bridgehead atoms. The number of rotatable bonds is 2. The maximum Gasteiger partial charge on any atom is 0.335 e. The number of hydrogen-bond acceptors (Lipinski definition) is 1. The van der Waals surface area contributed by atoms with Crippen LogP contribution >= 0.6 is 31.9 Å². The van der Waals surface area contributed by atoms with Crippen molar-refractivity contribution in [3.05, 3.63) is 57.0 Å². The van der Waals surface area contributed by atoms with E-state index in [0.29, 0.717) is 5.56 Å². The van der Waals surface area contributed by atoms with Crippen molar-refractivity contribution < 1.29 is 9.90 Å². The molecule has 2 nitrogen and oxygen atoms in total. The highest BCUT2D eigenvalue weighted by Gasteiger charge is 2.04. The fourth-order valence-electron chi connectivity index (χ4n) is 1.48. The number of hydrogen-bond donors (Lipinski definition) is 1. The van der Waals surface area contributed by atoms with Crippen LogP contribution in [0.5, 0.6) is 0 Å². The molecular weight excluding hydrogens is 348 g/mol. The fraction of sp³-hybridized carbons (Fsp3) is 0. The smallest absolute Gasteiger partial charge is 0.335 e. The van der Waals surface area contributed by atoms with E-state index in [0.717, 1.165) is 20.1 Å². The summed E-state index contributed by atoms with van der Waals surface area (Å²) in [5.74, 6) is -0.909. The number of halogens is 2. The van der Waals surface area contributed by atoms with Crippen LogP contribution in [0.4, 0.5) is 0 Å². The van der Waals surface area contributed by atoms with Gasteiger partial charge in [0.2, 0.25) is 0 Å². The van der Waals surface area contributed by atoms with E-state index in [2.05, 4.69) is 31.9 Å². The van der Waals surface area contributed by atoms with Crippen LogP contribution in [0, 0.1) is 0 Å².